The normalized spacial score (nSPS) is 16.1. The molecule has 0 spiro atoms. The molecule has 4 rings (SSSR count). The molecule has 0 aromatic heterocycles. The Kier molecular flexibility index (Phi) is 5.05. The van der Waals surface area contributed by atoms with Gasteiger partial charge in [-0.15, -0.1) is 0 Å². The molecule has 28 heavy (non-hydrogen) atoms. The van der Waals surface area contributed by atoms with Crippen LogP contribution in [0.2, 0.25) is 5.02 Å². The first-order chi connectivity index (χ1) is 13.6. The maximum atomic E-state index is 13.0. The van der Waals surface area contributed by atoms with Crippen molar-refractivity contribution in [3.63, 3.8) is 0 Å². The number of ether oxygens (including phenoxy) is 1. The first-order valence-corrected chi connectivity index (χ1v) is 9.69. The van der Waals surface area contributed by atoms with Crippen LogP contribution in [0.1, 0.15) is 30.4 Å². The first-order valence-electron chi connectivity index (χ1n) is 9.31. The summed E-state index contributed by atoms with van der Waals surface area (Å²) in [6.07, 6.45) is 0.294. The van der Waals surface area contributed by atoms with Crippen LogP contribution in [-0.2, 0) is 14.3 Å². The highest BCUT2D eigenvalue weighted by atomic mass is 35.5. The van der Waals surface area contributed by atoms with Gasteiger partial charge in [-0.1, -0.05) is 54.1 Å². The molecule has 1 amide bonds. The highest BCUT2D eigenvalue weighted by Crippen LogP contribution is 2.44. The molecule has 0 radical (unpaired) electrons. The van der Waals surface area contributed by atoms with Crippen LogP contribution < -0.4 is 4.90 Å². The van der Waals surface area contributed by atoms with E-state index in [9.17, 15) is 9.59 Å². The summed E-state index contributed by atoms with van der Waals surface area (Å²) >= 11 is 6.06. The van der Waals surface area contributed by atoms with Crippen molar-refractivity contribution < 1.29 is 14.3 Å². The molecule has 3 aromatic carbocycles. The van der Waals surface area contributed by atoms with Crippen molar-refractivity contribution in [2.45, 2.75) is 19.3 Å². The van der Waals surface area contributed by atoms with Crippen LogP contribution in [-0.4, -0.2) is 25.0 Å². The lowest BCUT2D eigenvalue weighted by molar-refractivity contribution is -0.142. The van der Waals surface area contributed by atoms with Crippen LogP contribution in [0.5, 0.6) is 0 Å². The second-order valence-corrected chi connectivity index (χ2v) is 7.25. The van der Waals surface area contributed by atoms with E-state index >= 15 is 0 Å². The maximum absolute atomic E-state index is 13.0. The zero-order valence-electron chi connectivity index (χ0n) is 15.5. The van der Waals surface area contributed by atoms with Gasteiger partial charge in [0.05, 0.1) is 6.61 Å². The van der Waals surface area contributed by atoms with Crippen molar-refractivity contribution in [2.24, 2.45) is 0 Å². The molecular formula is C23H20ClNO3. The zero-order valence-corrected chi connectivity index (χ0v) is 16.3. The molecule has 3 aromatic rings. The molecular weight excluding hydrogens is 374 g/mol. The lowest BCUT2D eigenvalue weighted by atomic mass is 9.81. The lowest BCUT2D eigenvalue weighted by Crippen LogP contribution is -2.41. The molecule has 1 aliphatic rings. The Balaban J connectivity index is 1.88. The summed E-state index contributed by atoms with van der Waals surface area (Å²) < 4.78 is 5.07. The van der Waals surface area contributed by atoms with Crippen molar-refractivity contribution in [1.29, 1.82) is 0 Å². The monoisotopic (exact) mass is 393 g/mol. The Labute approximate surface area is 168 Å². The van der Waals surface area contributed by atoms with E-state index in [-0.39, 0.29) is 18.4 Å². The summed E-state index contributed by atoms with van der Waals surface area (Å²) in [5, 5.41) is 2.85. The van der Waals surface area contributed by atoms with Crippen LogP contribution in [0.15, 0.2) is 60.7 Å². The third kappa shape index (κ3) is 3.36. The molecule has 0 fully saturated rings. The fourth-order valence-electron chi connectivity index (χ4n) is 3.90. The fraction of sp³-hybridized carbons (Fsp3) is 0.217. The van der Waals surface area contributed by atoms with Crippen molar-refractivity contribution in [2.75, 3.05) is 18.1 Å². The molecule has 0 bridgehead atoms. The van der Waals surface area contributed by atoms with Gasteiger partial charge in [-0.05, 0) is 47.0 Å². The van der Waals surface area contributed by atoms with Crippen molar-refractivity contribution in [3.05, 3.63) is 76.8 Å². The van der Waals surface area contributed by atoms with E-state index in [1.165, 1.54) is 0 Å². The quantitative estimate of drug-likeness (QED) is 0.591. The molecule has 0 aliphatic carbocycles. The molecule has 1 aliphatic heterocycles. The second kappa shape index (κ2) is 7.64. The number of benzene rings is 3. The number of esters is 1. The van der Waals surface area contributed by atoms with Crippen LogP contribution in [0.4, 0.5) is 5.69 Å². The minimum atomic E-state index is -0.403. The largest absolute Gasteiger partial charge is 0.465 e. The van der Waals surface area contributed by atoms with E-state index < -0.39 is 5.97 Å². The van der Waals surface area contributed by atoms with Gasteiger partial charge in [0.15, 0.2) is 0 Å². The van der Waals surface area contributed by atoms with Gasteiger partial charge in [-0.25, -0.2) is 0 Å². The minimum Gasteiger partial charge on any atom is -0.465 e. The number of amides is 1. The SMILES string of the molecule is CCOC(=O)CN1C(=O)CC(c2ccc(Cl)cc2)c2c1ccc1ccccc21. The first kappa shape index (κ1) is 18.5. The molecule has 142 valence electrons. The smallest absolute Gasteiger partial charge is 0.326 e. The Morgan fingerprint density at radius 3 is 2.61 bits per heavy atom. The van der Waals surface area contributed by atoms with E-state index in [1.54, 1.807) is 11.8 Å². The van der Waals surface area contributed by atoms with E-state index in [4.69, 9.17) is 16.3 Å². The number of carbonyl (C=O) groups excluding carboxylic acids is 2. The summed E-state index contributed by atoms with van der Waals surface area (Å²) in [6.45, 7) is 1.97. The highest BCUT2D eigenvalue weighted by molar-refractivity contribution is 6.30. The summed E-state index contributed by atoms with van der Waals surface area (Å²) in [4.78, 5) is 26.6. The van der Waals surface area contributed by atoms with Gasteiger partial charge in [-0.2, -0.15) is 0 Å². The summed E-state index contributed by atoms with van der Waals surface area (Å²) in [6, 6.07) is 19.6. The molecule has 0 saturated heterocycles. The number of nitrogens with zero attached hydrogens (tertiary/aromatic N) is 1. The second-order valence-electron chi connectivity index (χ2n) is 6.81. The van der Waals surface area contributed by atoms with Crippen molar-refractivity contribution in [1.82, 2.24) is 0 Å². The summed E-state index contributed by atoms with van der Waals surface area (Å²) in [5.74, 6) is -0.583. The van der Waals surface area contributed by atoms with E-state index in [2.05, 4.69) is 12.1 Å². The predicted molar refractivity (Wildman–Crippen MR) is 111 cm³/mol. The van der Waals surface area contributed by atoms with E-state index in [0.29, 0.717) is 18.1 Å². The lowest BCUT2D eigenvalue weighted by Gasteiger charge is -2.34. The standard InChI is InChI=1S/C23H20ClNO3/c1-2-28-22(27)14-25-20-12-9-15-5-3-4-6-18(15)23(20)19(13-21(25)26)16-7-10-17(24)11-8-16/h3-12,19H,2,13-14H2,1H3. The van der Waals surface area contributed by atoms with Gasteiger partial charge in [0, 0.05) is 23.0 Å². The highest BCUT2D eigenvalue weighted by Gasteiger charge is 2.34. The topological polar surface area (TPSA) is 46.6 Å². The Morgan fingerprint density at radius 1 is 1.11 bits per heavy atom. The molecule has 5 heteroatoms. The van der Waals surface area contributed by atoms with Crippen molar-refractivity contribution >= 4 is 39.9 Å². The maximum Gasteiger partial charge on any atom is 0.326 e. The van der Waals surface area contributed by atoms with Gasteiger partial charge in [0.2, 0.25) is 5.91 Å². The number of anilines is 1. The van der Waals surface area contributed by atoms with Gasteiger partial charge in [0.1, 0.15) is 6.54 Å². The Bertz CT molecular complexity index is 1050. The third-order valence-corrected chi connectivity index (χ3v) is 5.38. The number of halogens is 1. The number of hydrogen-bond donors (Lipinski definition) is 0. The molecule has 0 saturated carbocycles. The van der Waals surface area contributed by atoms with Gasteiger partial charge < -0.3 is 9.64 Å². The molecule has 0 N–H and O–H groups in total. The molecule has 1 heterocycles. The van der Waals surface area contributed by atoms with Crippen molar-refractivity contribution in [3.8, 4) is 0 Å². The van der Waals surface area contributed by atoms with E-state index in [1.807, 2.05) is 48.5 Å². The number of fused-ring (bicyclic) bond motifs is 3. The van der Waals surface area contributed by atoms with Crippen LogP contribution in [0.3, 0.4) is 0 Å². The molecule has 1 atom stereocenters. The Morgan fingerprint density at radius 2 is 1.86 bits per heavy atom. The van der Waals surface area contributed by atoms with Crippen LogP contribution in [0.25, 0.3) is 10.8 Å². The van der Waals surface area contributed by atoms with E-state index in [0.717, 1.165) is 27.6 Å². The van der Waals surface area contributed by atoms with Gasteiger partial charge >= 0.3 is 5.97 Å². The number of hydrogen-bond acceptors (Lipinski definition) is 3. The molecule has 4 nitrogen and oxygen atoms in total. The Hall–Kier alpha value is -2.85. The fourth-order valence-corrected chi connectivity index (χ4v) is 4.02. The van der Waals surface area contributed by atoms with Crippen LogP contribution in [0, 0.1) is 0 Å². The average molecular weight is 394 g/mol. The number of rotatable bonds is 4. The minimum absolute atomic E-state index is 0.0780. The number of carbonyl (C=O) groups is 2. The zero-order chi connectivity index (χ0) is 19.7. The van der Waals surface area contributed by atoms with Gasteiger partial charge in [0.25, 0.3) is 0 Å². The third-order valence-electron chi connectivity index (χ3n) is 5.13. The molecule has 1 unspecified atom stereocenters. The van der Waals surface area contributed by atoms with Crippen LogP contribution >= 0.6 is 11.6 Å². The summed E-state index contributed by atoms with van der Waals surface area (Å²) in [5.41, 5.74) is 2.86. The summed E-state index contributed by atoms with van der Waals surface area (Å²) in [7, 11) is 0. The predicted octanol–water partition coefficient (Wildman–Crippen LogP) is 4.92. The average Bonchev–Trinajstić information content (AvgIpc) is 2.70. The van der Waals surface area contributed by atoms with Gasteiger partial charge in [-0.3, -0.25) is 9.59 Å².